The van der Waals surface area contributed by atoms with Gasteiger partial charge in [-0.3, -0.25) is 0 Å². The number of halogens is 3. The minimum atomic E-state index is -3.55. The molecule has 0 bridgehead atoms. The van der Waals surface area contributed by atoms with E-state index in [2.05, 4.69) is 23.5 Å². The van der Waals surface area contributed by atoms with E-state index in [-0.39, 0.29) is 28.4 Å². The van der Waals surface area contributed by atoms with Crippen molar-refractivity contribution in [3.05, 3.63) is 28.2 Å². The molecule has 1 aromatic rings. The highest BCUT2D eigenvalue weighted by molar-refractivity contribution is 7.89. The molecule has 0 atom stereocenters. The van der Waals surface area contributed by atoms with Gasteiger partial charge >= 0.3 is 0 Å². The Hall–Kier alpha value is -0.0400. The summed E-state index contributed by atoms with van der Waals surface area (Å²) in [6, 6.07) is 4.83. The molecule has 4 nitrogen and oxygen atoms in total. The minimum Gasteiger partial charge on any atom is -0.301 e. The Morgan fingerprint density at radius 1 is 1.18 bits per heavy atom. The van der Waals surface area contributed by atoms with Crippen LogP contribution in [0.25, 0.3) is 0 Å². The van der Waals surface area contributed by atoms with Gasteiger partial charge in [-0.05, 0) is 58.0 Å². The molecule has 1 aromatic carbocycles. The van der Waals surface area contributed by atoms with Gasteiger partial charge in [-0.1, -0.05) is 23.2 Å². The van der Waals surface area contributed by atoms with Crippen molar-refractivity contribution in [2.45, 2.75) is 43.7 Å². The Morgan fingerprint density at radius 2 is 1.77 bits per heavy atom. The fraction of sp³-hybridized carbons (Fsp3) is 0.571. The number of sulfonamides is 1. The van der Waals surface area contributed by atoms with E-state index in [1.165, 1.54) is 18.2 Å². The number of hydrogen-bond acceptors (Lipinski definition) is 3. The summed E-state index contributed by atoms with van der Waals surface area (Å²) >= 11 is 11.7. The van der Waals surface area contributed by atoms with Gasteiger partial charge in [-0.2, -0.15) is 0 Å². The van der Waals surface area contributed by atoms with Crippen molar-refractivity contribution in [3.63, 3.8) is 0 Å². The first-order chi connectivity index (χ1) is 9.79. The van der Waals surface area contributed by atoms with Crippen LogP contribution in [0.5, 0.6) is 0 Å². The van der Waals surface area contributed by atoms with Gasteiger partial charge in [0, 0.05) is 12.1 Å². The summed E-state index contributed by atoms with van der Waals surface area (Å²) in [6.45, 7) is 6.12. The van der Waals surface area contributed by atoms with Crippen molar-refractivity contribution in [3.8, 4) is 0 Å². The highest BCUT2D eigenvalue weighted by Gasteiger charge is 2.25. The van der Waals surface area contributed by atoms with E-state index < -0.39 is 10.0 Å². The molecule has 0 saturated carbocycles. The third kappa shape index (κ3) is 4.98. The third-order valence-corrected chi connectivity index (χ3v) is 6.04. The molecule has 8 heteroatoms. The van der Waals surface area contributed by atoms with Gasteiger partial charge < -0.3 is 4.90 Å². The molecule has 1 fully saturated rings. The number of benzene rings is 1. The molecule has 0 radical (unpaired) electrons. The summed E-state index contributed by atoms with van der Waals surface area (Å²) in [5.74, 6) is 0. The second-order valence-electron chi connectivity index (χ2n) is 5.60. The summed E-state index contributed by atoms with van der Waals surface area (Å²) in [5, 5.41) is 0.593. The number of nitrogens with zero attached hydrogens (tertiary/aromatic N) is 1. The van der Waals surface area contributed by atoms with Crippen LogP contribution in [0.1, 0.15) is 26.7 Å². The van der Waals surface area contributed by atoms with Gasteiger partial charge in [-0.15, -0.1) is 12.4 Å². The molecule has 1 aliphatic rings. The molecule has 0 unspecified atom stereocenters. The average molecular weight is 388 g/mol. The molecule has 0 spiro atoms. The topological polar surface area (TPSA) is 49.4 Å². The van der Waals surface area contributed by atoms with Crippen molar-refractivity contribution in [1.29, 1.82) is 0 Å². The van der Waals surface area contributed by atoms with Crippen LogP contribution >= 0.6 is 35.6 Å². The zero-order valence-corrected chi connectivity index (χ0v) is 15.7. The molecular formula is C14H21Cl3N2O2S. The van der Waals surface area contributed by atoms with Crippen LogP contribution in [0.4, 0.5) is 0 Å². The van der Waals surface area contributed by atoms with E-state index >= 15 is 0 Å². The molecule has 0 amide bonds. The second kappa shape index (κ2) is 8.18. The lowest BCUT2D eigenvalue weighted by atomic mass is 10.1. The first-order valence-corrected chi connectivity index (χ1v) is 9.25. The highest BCUT2D eigenvalue weighted by atomic mass is 35.5. The number of nitrogens with one attached hydrogen (secondary N) is 1. The Labute approximate surface area is 148 Å². The lowest BCUT2D eigenvalue weighted by Crippen LogP contribution is -2.46. The molecule has 22 heavy (non-hydrogen) atoms. The largest absolute Gasteiger partial charge is 0.301 e. The SMILES string of the molecule is CC(C)N1CCC(NS(=O)(=O)c2ccc(Cl)c(Cl)c2)CC1.Cl. The molecule has 1 aliphatic heterocycles. The third-order valence-electron chi connectivity index (χ3n) is 3.78. The molecule has 1 saturated heterocycles. The Kier molecular flexibility index (Phi) is 7.43. The fourth-order valence-electron chi connectivity index (χ4n) is 2.47. The molecular weight excluding hydrogens is 367 g/mol. The van der Waals surface area contributed by atoms with Crippen LogP contribution in [0, 0.1) is 0 Å². The Balaban J connectivity index is 0.00000242. The van der Waals surface area contributed by atoms with Crippen molar-refractivity contribution >= 4 is 45.6 Å². The molecule has 0 aromatic heterocycles. The van der Waals surface area contributed by atoms with Crippen LogP contribution in [0.2, 0.25) is 10.0 Å². The standard InChI is InChI=1S/C14H20Cl2N2O2S.ClH/c1-10(2)18-7-5-11(6-8-18)17-21(19,20)12-3-4-13(15)14(16)9-12;/h3-4,9-11,17H,5-8H2,1-2H3;1H. The van der Waals surface area contributed by atoms with Gasteiger partial charge in [0.05, 0.1) is 14.9 Å². The van der Waals surface area contributed by atoms with Crippen molar-refractivity contribution in [2.75, 3.05) is 13.1 Å². The van der Waals surface area contributed by atoms with Crippen LogP contribution in [0.3, 0.4) is 0 Å². The maximum atomic E-state index is 12.4. The van der Waals surface area contributed by atoms with E-state index in [0.29, 0.717) is 11.1 Å². The summed E-state index contributed by atoms with van der Waals surface area (Å²) in [6.07, 6.45) is 1.64. The average Bonchev–Trinajstić information content (AvgIpc) is 2.42. The van der Waals surface area contributed by atoms with Crippen LogP contribution in [-0.2, 0) is 10.0 Å². The smallest absolute Gasteiger partial charge is 0.240 e. The highest BCUT2D eigenvalue weighted by Crippen LogP contribution is 2.25. The van der Waals surface area contributed by atoms with Crippen LogP contribution < -0.4 is 4.72 Å². The van der Waals surface area contributed by atoms with Crippen LogP contribution in [-0.4, -0.2) is 38.5 Å². The van der Waals surface area contributed by atoms with E-state index in [9.17, 15) is 8.42 Å². The van der Waals surface area contributed by atoms with Crippen molar-refractivity contribution in [1.82, 2.24) is 9.62 Å². The van der Waals surface area contributed by atoms with Crippen molar-refractivity contribution < 1.29 is 8.42 Å². The summed E-state index contributed by atoms with van der Waals surface area (Å²) < 4.78 is 27.5. The number of likely N-dealkylation sites (tertiary alicyclic amines) is 1. The fourth-order valence-corrected chi connectivity index (χ4v) is 4.16. The summed E-state index contributed by atoms with van der Waals surface area (Å²) in [4.78, 5) is 2.51. The van der Waals surface area contributed by atoms with Crippen LogP contribution in [0.15, 0.2) is 23.1 Å². The van der Waals surface area contributed by atoms with E-state index in [1.54, 1.807) is 0 Å². The van der Waals surface area contributed by atoms with Gasteiger partial charge in [0.15, 0.2) is 0 Å². The van der Waals surface area contributed by atoms with E-state index in [1.807, 2.05) is 0 Å². The van der Waals surface area contributed by atoms with Gasteiger partial charge in [0.25, 0.3) is 0 Å². The van der Waals surface area contributed by atoms with Gasteiger partial charge in [-0.25, -0.2) is 13.1 Å². The quantitative estimate of drug-likeness (QED) is 0.859. The number of hydrogen-bond donors (Lipinski definition) is 1. The van der Waals surface area contributed by atoms with Gasteiger partial charge in [0.2, 0.25) is 10.0 Å². The predicted molar refractivity (Wildman–Crippen MR) is 93.8 cm³/mol. The monoisotopic (exact) mass is 386 g/mol. The maximum Gasteiger partial charge on any atom is 0.240 e. The predicted octanol–water partition coefficient (Wildman–Crippen LogP) is 3.57. The molecule has 0 aliphatic carbocycles. The zero-order valence-electron chi connectivity index (χ0n) is 12.6. The first kappa shape index (κ1) is 20.0. The summed E-state index contributed by atoms with van der Waals surface area (Å²) in [5.41, 5.74) is 0. The molecule has 1 heterocycles. The second-order valence-corrected chi connectivity index (χ2v) is 8.13. The summed E-state index contributed by atoms with van der Waals surface area (Å²) in [7, 11) is -3.55. The normalized spacial score (nSPS) is 17.5. The minimum absolute atomic E-state index is 0. The maximum absolute atomic E-state index is 12.4. The zero-order chi connectivity index (χ0) is 15.6. The lowest BCUT2D eigenvalue weighted by Gasteiger charge is -2.34. The Bertz CT molecular complexity index is 600. The molecule has 126 valence electrons. The Morgan fingerprint density at radius 3 is 2.27 bits per heavy atom. The number of piperidine rings is 1. The van der Waals surface area contributed by atoms with Gasteiger partial charge in [0.1, 0.15) is 0 Å². The molecule has 2 rings (SSSR count). The lowest BCUT2D eigenvalue weighted by molar-refractivity contribution is 0.168. The van der Waals surface area contributed by atoms with E-state index in [4.69, 9.17) is 23.2 Å². The first-order valence-electron chi connectivity index (χ1n) is 7.01. The van der Waals surface area contributed by atoms with E-state index in [0.717, 1.165) is 25.9 Å². The molecule has 1 N–H and O–H groups in total. The van der Waals surface area contributed by atoms with Crippen molar-refractivity contribution in [2.24, 2.45) is 0 Å². The number of rotatable bonds is 4.